The molecular formula is C20H18N4O2S. The third-order valence-electron chi connectivity index (χ3n) is 4.67. The van der Waals surface area contributed by atoms with E-state index in [0.29, 0.717) is 18.3 Å². The van der Waals surface area contributed by atoms with Crippen LogP contribution in [0.1, 0.15) is 34.5 Å². The number of thiazole rings is 1. The largest absolute Gasteiger partial charge is 0.488 e. The number of aryl methyl sites for hydroxylation is 1. The van der Waals surface area contributed by atoms with Gasteiger partial charge in [0, 0.05) is 24.4 Å². The van der Waals surface area contributed by atoms with Crippen molar-refractivity contribution in [2.45, 2.75) is 32.3 Å². The van der Waals surface area contributed by atoms with Crippen molar-refractivity contribution < 1.29 is 4.74 Å². The Morgan fingerprint density at radius 1 is 1.30 bits per heavy atom. The minimum atomic E-state index is -0.130. The van der Waals surface area contributed by atoms with E-state index in [2.05, 4.69) is 15.0 Å². The van der Waals surface area contributed by atoms with E-state index < -0.39 is 0 Å². The molecule has 7 heteroatoms. The second-order valence-electron chi connectivity index (χ2n) is 6.80. The van der Waals surface area contributed by atoms with E-state index in [1.165, 1.54) is 18.9 Å². The smallest absolute Gasteiger partial charge is 0.258 e. The molecule has 27 heavy (non-hydrogen) atoms. The van der Waals surface area contributed by atoms with Gasteiger partial charge in [0.05, 0.1) is 26.6 Å². The lowest BCUT2D eigenvalue weighted by atomic mass is 10.2. The molecule has 0 unspecified atom stereocenters. The number of nitrogens with zero attached hydrogens (tertiary/aromatic N) is 3. The van der Waals surface area contributed by atoms with Crippen molar-refractivity contribution in [2.24, 2.45) is 0 Å². The molecule has 0 amide bonds. The summed E-state index contributed by atoms with van der Waals surface area (Å²) in [5.41, 5.74) is 2.58. The number of aromatic nitrogens is 4. The monoisotopic (exact) mass is 378 g/mol. The summed E-state index contributed by atoms with van der Waals surface area (Å²) in [7, 11) is 0. The van der Waals surface area contributed by atoms with Gasteiger partial charge >= 0.3 is 0 Å². The molecule has 0 radical (unpaired) electrons. The Bertz CT molecular complexity index is 1190. The van der Waals surface area contributed by atoms with E-state index in [9.17, 15) is 4.79 Å². The highest BCUT2D eigenvalue weighted by molar-refractivity contribution is 7.11. The summed E-state index contributed by atoms with van der Waals surface area (Å²) >= 11 is 1.59. The first-order chi connectivity index (χ1) is 13.2. The van der Waals surface area contributed by atoms with Crippen LogP contribution in [0.4, 0.5) is 0 Å². The van der Waals surface area contributed by atoms with Gasteiger partial charge < -0.3 is 9.72 Å². The van der Waals surface area contributed by atoms with Gasteiger partial charge in [0.1, 0.15) is 18.2 Å². The van der Waals surface area contributed by atoms with Gasteiger partial charge in [-0.1, -0.05) is 0 Å². The third-order valence-corrected chi connectivity index (χ3v) is 5.55. The van der Waals surface area contributed by atoms with Crippen LogP contribution in [-0.2, 0) is 6.61 Å². The van der Waals surface area contributed by atoms with Crippen LogP contribution in [-0.4, -0.2) is 19.5 Å². The first-order valence-electron chi connectivity index (χ1n) is 8.92. The number of nitrogens with one attached hydrogen (secondary N) is 1. The van der Waals surface area contributed by atoms with Crippen molar-refractivity contribution in [2.75, 3.05) is 0 Å². The quantitative estimate of drug-likeness (QED) is 0.571. The van der Waals surface area contributed by atoms with E-state index in [-0.39, 0.29) is 5.56 Å². The zero-order valence-corrected chi connectivity index (χ0v) is 15.6. The van der Waals surface area contributed by atoms with Crippen LogP contribution in [0.2, 0.25) is 0 Å². The summed E-state index contributed by atoms with van der Waals surface area (Å²) in [4.78, 5) is 25.8. The lowest BCUT2D eigenvalue weighted by molar-refractivity contribution is 0.308. The molecule has 1 fully saturated rings. The maximum absolute atomic E-state index is 12.6. The maximum atomic E-state index is 12.6. The predicted octanol–water partition coefficient (Wildman–Crippen LogP) is 3.94. The Labute approximate surface area is 159 Å². The fourth-order valence-electron chi connectivity index (χ4n) is 3.11. The molecule has 0 saturated heterocycles. The second kappa shape index (κ2) is 6.35. The minimum Gasteiger partial charge on any atom is -0.488 e. The first-order valence-corrected chi connectivity index (χ1v) is 9.74. The summed E-state index contributed by atoms with van der Waals surface area (Å²) in [5.74, 6) is 2.18. The number of rotatable bonds is 5. The summed E-state index contributed by atoms with van der Waals surface area (Å²) in [6.45, 7) is 2.37. The number of pyridine rings is 1. The molecule has 0 spiro atoms. The SMILES string of the molecule is Cc1ncc(COc2ccn(-c3ccc4nc(C5CC5)[nH]c4c3)c(=O)c2)s1. The fraction of sp³-hybridized carbons (Fsp3) is 0.250. The summed E-state index contributed by atoms with van der Waals surface area (Å²) in [6.07, 6.45) is 5.95. The van der Waals surface area contributed by atoms with Crippen LogP contribution < -0.4 is 10.3 Å². The Morgan fingerprint density at radius 2 is 2.19 bits per heavy atom. The number of ether oxygens (including phenoxy) is 1. The lowest BCUT2D eigenvalue weighted by Crippen LogP contribution is -2.16. The molecule has 3 heterocycles. The Morgan fingerprint density at radius 3 is 2.93 bits per heavy atom. The van der Waals surface area contributed by atoms with E-state index in [0.717, 1.165) is 32.4 Å². The number of imidazole rings is 1. The molecule has 1 aromatic carbocycles. The van der Waals surface area contributed by atoms with Gasteiger partial charge in [-0.25, -0.2) is 9.97 Å². The number of benzene rings is 1. The Kier molecular flexibility index (Phi) is 3.82. The van der Waals surface area contributed by atoms with E-state index in [1.54, 1.807) is 28.3 Å². The van der Waals surface area contributed by atoms with Crippen molar-refractivity contribution in [1.82, 2.24) is 19.5 Å². The van der Waals surface area contributed by atoms with Gasteiger partial charge in [-0.2, -0.15) is 0 Å². The number of aromatic amines is 1. The summed E-state index contributed by atoms with van der Waals surface area (Å²) < 4.78 is 7.34. The van der Waals surface area contributed by atoms with Gasteiger partial charge in [-0.05, 0) is 44.0 Å². The average molecular weight is 378 g/mol. The predicted molar refractivity (Wildman–Crippen MR) is 105 cm³/mol. The van der Waals surface area contributed by atoms with E-state index in [4.69, 9.17) is 4.74 Å². The molecule has 4 aromatic rings. The minimum absolute atomic E-state index is 0.130. The zero-order chi connectivity index (χ0) is 18.4. The number of H-pyrrole nitrogens is 1. The molecule has 136 valence electrons. The Hall–Kier alpha value is -2.93. The molecule has 1 aliphatic carbocycles. The molecule has 0 atom stereocenters. The molecule has 6 nitrogen and oxygen atoms in total. The standard InChI is InChI=1S/C20H18N4O2S/c1-12-21-10-16(27-12)11-26-15-6-7-24(19(25)9-15)14-4-5-17-18(8-14)23-20(22-17)13-2-3-13/h4-10,13H,2-3,11H2,1H3,(H,22,23). The van der Waals surface area contributed by atoms with Crippen LogP contribution in [0.25, 0.3) is 16.7 Å². The maximum Gasteiger partial charge on any atom is 0.258 e. The van der Waals surface area contributed by atoms with Crippen molar-refractivity contribution >= 4 is 22.4 Å². The molecule has 0 bridgehead atoms. The molecule has 5 rings (SSSR count). The van der Waals surface area contributed by atoms with E-state index >= 15 is 0 Å². The van der Waals surface area contributed by atoms with Crippen molar-refractivity contribution in [3.63, 3.8) is 0 Å². The topological polar surface area (TPSA) is 72.8 Å². The Balaban J connectivity index is 1.39. The van der Waals surface area contributed by atoms with Gasteiger partial charge in [-0.3, -0.25) is 9.36 Å². The van der Waals surface area contributed by atoms with Crippen LogP contribution in [0.3, 0.4) is 0 Å². The summed E-state index contributed by atoms with van der Waals surface area (Å²) in [6, 6.07) is 9.16. The first kappa shape index (κ1) is 16.3. The number of fused-ring (bicyclic) bond motifs is 1. The molecular weight excluding hydrogens is 360 g/mol. The van der Waals surface area contributed by atoms with Crippen LogP contribution >= 0.6 is 11.3 Å². The highest BCUT2D eigenvalue weighted by Gasteiger charge is 2.26. The highest BCUT2D eigenvalue weighted by Crippen LogP contribution is 2.39. The van der Waals surface area contributed by atoms with Crippen molar-refractivity contribution in [3.05, 3.63) is 68.8 Å². The molecule has 1 aliphatic rings. The second-order valence-corrected chi connectivity index (χ2v) is 8.12. The normalized spacial score (nSPS) is 14.0. The van der Waals surface area contributed by atoms with Gasteiger partial charge in [-0.15, -0.1) is 11.3 Å². The number of hydrogen-bond acceptors (Lipinski definition) is 5. The van der Waals surface area contributed by atoms with Gasteiger partial charge in [0.25, 0.3) is 5.56 Å². The zero-order valence-electron chi connectivity index (χ0n) is 14.8. The lowest BCUT2D eigenvalue weighted by Gasteiger charge is -2.08. The number of hydrogen-bond donors (Lipinski definition) is 1. The fourth-order valence-corrected chi connectivity index (χ4v) is 3.82. The van der Waals surface area contributed by atoms with Gasteiger partial charge in [0.2, 0.25) is 0 Å². The molecule has 1 saturated carbocycles. The molecule has 1 N–H and O–H groups in total. The van der Waals surface area contributed by atoms with Crippen molar-refractivity contribution in [1.29, 1.82) is 0 Å². The highest BCUT2D eigenvalue weighted by atomic mass is 32.1. The van der Waals surface area contributed by atoms with Crippen LogP contribution in [0, 0.1) is 6.92 Å². The van der Waals surface area contributed by atoms with Crippen molar-refractivity contribution in [3.8, 4) is 11.4 Å². The van der Waals surface area contributed by atoms with Crippen LogP contribution in [0.15, 0.2) is 47.5 Å². The van der Waals surface area contributed by atoms with E-state index in [1.807, 2.05) is 31.2 Å². The third kappa shape index (κ3) is 3.26. The molecule has 3 aromatic heterocycles. The van der Waals surface area contributed by atoms with Gasteiger partial charge in [0.15, 0.2) is 0 Å². The summed E-state index contributed by atoms with van der Waals surface area (Å²) in [5, 5.41) is 1.00. The average Bonchev–Trinajstić information content (AvgIpc) is 3.29. The van der Waals surface area contributed by atoms with Crippen LogP contribution in [0.5, 0.6) is 5.75 Å². The molecule has 0 aliphatic heterocycles.